The largest absolute Gasteiger partial charge is 0.477 e. The van der Waals surface area contributed by atoms with E-state index in [0.717, 1.165) is 128 Å². The number of carboxylic acid groups (broad SMARTS) is 1. The van der Waals surface area contributed by atoms with Crippen molar-refractivity contribution in [1.82, 2.24) is 0 Å². The molecule has 0 amide bonds. The van der Waals surface area contributed by atoms with Gasteiger partial charge in [-0.25, -0.2) is 4.79 Å². The van der Waals surface area contributed by atoms with Gasteiger partial charge in [-0.2, -0.15) is 0 Å². The molecule has 1 N–H and O–H groups in total. The van der Waals surface area contributed by atoms with E-state index in [4.69, 9.17) is 18.9 Å². The molecule has 71 heavy (non-hydrogen) atoms. The standard InChI is InChI=1S/C62H97NO8/c1-6-8-10-12-14-16-18-20-22-24-26-27-28-29-30-31-32-33-35-37-39-41-43-45-47-49-51-53-60(65)71-58(57-70-62(61(66)67)68-55-54-63(3,4)5)56-69-59(64)52-50-48-46-44-42-40-38-36-34-25-23-21-19-17-15-13-11-9-7-2/h8-11,14-17,20-23,26-27,29-30,32-34,36-37,39-40,42,58,62H,6-7,12-13,18-19,24-25,28,31,35,38,41,43-57H2,1-5H3/p+1/b10-8-,11-9-,16-14-,17-15-,22-20-,23-21-,27-26-,30-29-,33-32-,36-34-,39-37-,42-40-. The first-order valence-electron chi connectivity index (χ1n) is 27.0. The number of hydrogen-bond donors (Lipinski definition) is 1. The number of likely N-dealkylation sites (N-methyl/N-ethyl adjacent to an activating group) is 1. The highest BCUT2D eigenvalue weighted by atomic mass is 16.7. The lowest BCUT2D eigenvalue weighted by atomic mass is 10.1. The topological polar surface area (TPSA) is 108 Å². The van der Waals surface area contributed by atoms with Gasteiger partial charge in [0.15, 0.2) is 6.10 Å². The van der Waals surface area contributed by atoms with Gasteiger partial charge >= 0.3 is 17.9 Å². The number of esters is 2. The summed E-state index contributed by atoms with van der Waals surface area (Å²) in [4.78, 5) is 37.4. The number of rotatable bonds is 47. The van der Waals surface area contributed by atoms with Crippen LogP contribution in [0.1, 0.15) is 168 Å². The molecular weight excluding hydrogens is 887 g/mol. The third-order valence-electron chi connectivity index (χ3n) is 10.6. The monoisotopic (exact) mass is 985 g/mol. The summed E-state index contributed by atoms with van der Waals surface area (Å²) in [6, 6.07) is 0. The Morgan fingerprint density at radius 2 is 0.761 bits per heavy atom. The summed E-state index contributed by atoms with van der Waals surface area (Å²) in [7, 11) is 5.93. The maximum atomic E-state index is 12.9. The maximum absolute atomic E-state index is 12.9. The number of allylic oxidation sites excluding steroid dienone is 24. The predicted molar refractivity (Wildman–Crippen MR) is 299 cm³/mol. The molecule has 0 aromatic carbocycles. The van der Waals surface area contributed by atoms with Crippen molar-refractivity contribution in [1.29, 1.82) is 0 Å². The molecule has 0 saturated heterocycles. The lowest BCUT2D eigenvalue weighted by Gasteiger charge is -2.25. The van der Waals surface area contributed by atoms with Crippen LogP contribution in [0.2, 0.25) is 0 Å². The van der Waals surface area contributed by atoms with Crippen molar-refractivity contribution in [3.05, 3.63) is 146 Å². The lowest BCUT2D eigenvalue weighted by molar-refractivity contribution is -0.870. The molecular formula is C62H98NO8+. The van der Waals surface area contributed by atoms with E-state index >= 15 is 0 Å². The summed E-state index contributed by atoms with van der Waals surface area (Å²) >= 11 is 0. The predicted octanol–water partition coefficient (Wildman–Crippen LogP) is 15.7. The van der Waals surface area contributed by atoms with E-state index in [-0.39, 0.29) is 32.7 Å². The van der Waals surface area contributed by atoms with Crippen molar-refractivity contribution in [2.45, 2.75) is 180 Å². The van der Waals surface area contributed by atoms with Gasteiger partial charge in [-0.15, -0.1) is 0 Å². The number of nitrogens with zero attached hydrogens (tertiary/aromatic N) is 1. The Morgan fingerprint density at radius 3 is 1.14 bits per heavy atom. The quantitative estimate of drug-likeness (QED) is 0.0211. The summed E-state index contributed by atoms with van der Waals surface area (Å²) in [5.41, 5.74) is 0. The summed E-state index contributed by atoms with van der Waals surface area (Å²) < 4.78 is 22.8. The second kappa shape index (κ2) is 51.5. The van der Waals surface area contributed by atoms with Crippen molar-refractivity contribution in [2.75, 3.05) is 47.5 Å². The van der Waals surface area contributed by atoms with Crippen LogP contribution in [0.3, 0.4) is 0 Å². The minimum Gasteiger partial charge on any atom is -0.477 e. The Morgan fingerprint density at radius 1 is 0.423 bits per heavy atom. The molecule has 0 aromatic rings. The fraction of sp³-hybridized carbons (Fsp3) is 0.565. The normalized spacial score (nSPS) is 14.0. The van der Waals surface area contributed by atoms with E-state index in [1.807, 2.05) is 21.1 Å². The number of hydrogen-bond acceptors (Lipinski definition) is 7. The van der Waals surface area contributed by atoms with Crippen LogP contribution in [0.5, 0.6) is 0 Å². The van der Waals surface area contributed by atoms with Crippen LogP contribution in [0.4, 0.5) is 0 Å². The van der Waals surface area contributed by atoms with Crippen LogP contribution < -0.4 is 0 Å². The van der Waals surface area contributed by atoms with Crippen LogP contribution in [-0.4, -0.2) is 87.4 Å². The van der Waals surface area contributed by atoms with Gasteiger partial charge in [0.2, 0.25) is 0 Å². The second-order valence-electron chi connectivity index (χ2n) is 18.4. The van der Waals surface area contributed by atoms with Crippen molar-refractivity contribution in [3.63, 3.8) is 0 Å². The molecule has 9 nitrogen and oxygen atoms in total. The molecule has 0 aliphatic carbocycles. The molecule has 2 unspecified atom stereocenters. The van der Waals surface area contributed by atoms with Gasteiger partial charge in [0, 0.05) is 12.8 Å². The van der Waals surface area contributed by atoms with Crippen molar-refractivity contribution in [2.24, 2.45) is 0 Å². The molecule has 398 valence electrons. The van der Waals surface area contributed by atoms with Crippen LogP contribution in [0.25, 0.3) is 0 Å². The molecule has 0 bridgehead atoms. The maximum Gasteiger partial charge on any atom is 0.361 e. The van der Waals surface area contributed by atoms with E-state index in [1.54, 1.807) is 0 Å². The van der Waals surface area contributed by atoms with E-state index in [2.05, 4.69) is 160 Å². The molecule has 0 aliphatic heterocycles. The third kappa shape index (κ3) is 52.8. The zero-order chi connectivity index (χ0) is 52.0. The van der Waals surface area contributed by atoms with E-state index in [1.165, 1.54) is 0 Å². The molecule has 2 atom stereocenters. The highest BCUT2D eigenvalue weighted by Crippen LogP contribution is 2.12. The van der Waals surface area contributed by atoms with Crippen molar-refractivity contribution >= 4 is 17.9 Å². The van der Waals surface area contributed by atoms with Gasteiger partial charge in [-0.3, -0.25) is 9.59 Å². The van der Waals surface area contributed by atoms with Gasteiger partial charge in [0.05, 0.1) is 34.4 Å². The minimum atomic E-state index is -1.53. The molecule has 0 saturated carbocycles. The first kappa shape index (κ1) is 66.2. The van der Waals surface area contributed by atoms with Gasteiger partial charge in [0.25, 0.3) is 6.29 Å². The van der Waals surface area contributed by atoms with Crippen LogP contribution in [-0.2, 0) is 33.3 Å². The van der Waals surface area contributed by atoms with Crippen LogP contribution in [0.15, 0.2) is 146 Å². The first-order chi connectivity index (χ1) is 34.6. The summed E-state index contributed by atoms with van der Waals surface area (Å²) in [5, 5.41) is 9.69. The SMILES string of the molecule is CC/C=C\C/C=C\C/C=C\C/C=C\C/C=C\C/C=C\C/C=C\CCCCCCCC(=O)OC(COC(=O)CCCCC/C=C\C/C=C\C/C=C\C/C=C\C/C=C\CC)COC(OCC[N+](C)(C)C)C(=O)O. The Bertz CT molecular complexity index is 1670. The minimum absolute atomic E-state index is 0.168. The number of carboxylic acids is 1. The molecule has 0 aromatic heterocycles. The summed E-state index contributed by atoms with van der Waals surface area (Å²) in [6.07, 6.45) is 72.0. The number of ether oxygens (including phenoxy) is 4. The molecule has 0 heterocycles. The molecule has 0 radical (unpaired) electrons. The molecule has 9 heteroatoms. The van der Waals surface area contributed by atoms with E-state index in [0.29, 0.717) is 23.9 Å². The fourth-order valence-corrected chi connectivity index (χ4v) is 6.49. The Balaban J connectivity index is 4.45. The number of quaternary nitrogens is 1. The average Bonchev–Trinajstić information content (AvgIpc) is 3.34. The summed E-state index contributed by atoms with van der Waals surface area (Å²) in [5.74, 6) is -2.10. The zero-order valence-electron chi connectivity index (χ0n) is 45.1. The number of carbonyl (C=O) groups is 3. The van der Waals surface area contributed by atoms with Gasteiger partial charge in [0.1, 0.15) is 13.2 Å². The smallest absolute Gasteiger partial charge is 0.361 e. The zero-order valence-corrected chi connectivity index (χ0v) is 45.1. The fourth-order valence-electron chi connectivity index (χ4n) is 6.49. The lowest BCUT2D eigenvalue weighted by Crippen LogP contribution is -2.40. The van der Waals surface area contributed by atoms with Crippen LogP contribution >= 0.6 is 0 Å². The Kier molecular flexibility index (Phi) is 48.0. The molecule has 0 fully saturated rings. The number of carbonyl (C=O) groups excluding carboxylic acids is 2. The Hall–Kier alpha value is -4.83. The van der Waals surface area contributed by atoms with Crippen LogP contribution in [0, 0.1) is 0 Å². The highest BCUT2D eigenvalue weighted by molar-refractivity contribution is 5.71. The number of aliphatic carboxylic acids is 1. The third-order valence-corrected chi connectivity index (χ3v) is 10.6. The van der Waals surface area contributed by atoms with E-state index < -0.39 is 30.3 Å². The first-order valence-corrected chi connectivity index (χ1v) is 27.0. The Labute approximate surface area is 432 Å². The average molecular weight is 985 g/mol. The van der Waals surface area contributed by atoms with Gasteiger partial charge < -0.3 is 28.5 Å². The summed E-state index contributed by atoms with van der Waals surface area (Å²) in [6.45, 7) is 4.55. The highest BCUT2D eigenvalue weighted by Gasteiger charge is 2.25. The van der Waals surface area contributed by atoms with Crippen molar-refractivity contribution < 1.29 is 42.9 Å². The molecule has 0 rings (SSSR count). The van der Waals surface area contributed by atoms with Crippen molar-refractivity contribution in [3.8, 4) is 0 Å². The molecule has 0 spiro atoms. The van der Waals surface area contributed by atoms with Gasteiger partial charge in [-0.1, -0.05) is 185 Å². The second-order valence-corrected chi connectivity index (χ2v) is 18.4. The molecule has 0 aliphatic rings. The van der Waals surface area contributed by atoms with E-state index in [9.17, 15) is 19.5 Å². The van der Waals surface area contributed by atoms with Gasteiger partial charge in [-0.05, 0) is 116 Å². The number of unbranched alkanes of at least 4 members (excludes halogenated alkanes) is 8.